The van der Waals surface area contributed by atoms with E-state index in [1.807, 2.05) is 18.2 Å². The highest BCUT2D eigenvalue weighted by atomic mass is 79.9. The first kappa shape index (κ1) is 26.9. The van der Waals surface area contributed by atoms with Gasteiger partial charge in [-0.05, 0) is 60.7 Å². The molecule has 0 bridgehead atoms. The van der Waals surface area contributed by atoms with Gasteiger partial charge < -0.3 is 19.2 Å². The summed E-state index contributed by atoms with van der Waals surface area (Å²) in [6.45, 7) is 0.0962. The monoisotopic (exact) mass is 649 g/mol. The maximum absolute atomic E-state index is 13.4. The van der Waals surface area contributed by atoms with E-state index in [2.05, 4.69) is 31.4 Å². The Bertz CT molecular complexity index is 1870. The highest BCUT2D eigenvalue weighted by Gasteiger charge is 2.22. The predicted octanol–water partition coefficient (Wildman–Crippen LogP) is 7.62. The number of carbonyl (C=O) groups excluding carboxylic acids is 2. The molecule has 2 heterocycles. The number of esters is 1. The molecule has 1 aromatic heterocycles. The summed E-state index contributed by atoms with van der Waals surface area (Å²) < 4.78 is 17.0. The smallest absolute Gasteiger partial charge is 0.343 e. The van der Waals surface area contributed by atoms with Gasteiger partial charge in [0.05, 0.1) is 11.8 Å². The number of H-pyrrole nitrogens is 1. The molecule has 0 saturated carbocycles. The van der Waals surface area contributed by atoms with Crippen molar-refractivity contribution in [2.24, 2.45) is 5.10 Å². The number of hydrogen-bond acceptors (Lipinski definition) is 6. The first-order chi connectivity index (χ1) is 19.9. The van der Waals surface area contributed by atoms with Crippen LogP contribution in [0.4, 0.5) is 0 Å². The zero-order valence-electron chi connectivity index (χ0n) is 20.9. The average molecular weight is 651 g/mol. The topological polar surface area (TPSA) is 102 Å². The lowest BCUT2D eigenvalue weighted by atomic mass is 10.0. The molecule has 0 atom stereocenters. The number of halogens is 3. The molecule has 0 unspecified atom stereocenters. The molecule has 0 fully saturated rings. The molecule has 0 spiro atoms. The summed E-state index contributed by atoms with van der Waals surface area (Å²) >= 11 is 16.2. The predicted molar refractivity (Wildman–Crippen MR) is 160 cm³/mol. The Morgan fingerprint density at radius 2 is 1.80 bits per heavy atom. The van der Waals surface area contributed by atoms with E-state index in [0.717, 1.165) is 9.86 Å². The van der Waals surface area contributed by atoms with Crippen LogP contribution in [0.1, 0.15) is 26.4 Å². The Kier molecular flexibility index (Phi) is 7.40. The number of hydrazone groups is 1. The Labute approximate surface area is 252 Å². The number of aromatic amines is 1. The van der Waals surface area contributed by atoms with Crippen LogP contribution < -0.4 is 19.6 Å². The van der Waals surface area contributed by atoms with Gasteiger partial charge in [-0.1, -0.05) is 57.3 Å². The van der Waals surface area contributed by atoms with Crippen LogP contribution in [0.25, 0.3) is 22.0 Å². The summed E-state index contributed by atoms with van der Waals surface area (Å²) in [7, 11) is 0. The van der Waals surface area contributed by atoms with Crippen molar-refractivity contribution in [2.45, 2.75) is 0 Å². The van der Waals surface area contributed by atoms with Crippen molar-refractivity contribution >= 4 is 68.1 Å². The van der Waals surface area contributed by atoms with Gasteiger partial charge in [-0.2, -0.15) is 5.10 Å². The highest BCUT2D eigenvalue weighted by molar-refractivity contribution is 9.10. The third-order valence-corrected chi connectivity index (χ3v) is 7.34. The second-order valence-electron chi connectivity index (χ2n) is 8.88. The zero-order valence-corrected chi connectivity index (χ0v) is 24.0. The Hall–Kier alpha value is -4.31. The molecule has 8 nitrogen and oxygen atoms in total. The van der Waals surface area contributed by atoms with Crippen LogP contribution in [0.15, 0.2) is 88.4 Å². The molecule has 11 heteroatoms. The summed E-state index contributed by atoms with van der Waals surface area (Å²) in [5, 5.41) is 5.88. The van der Waals surface area contributed by atoms with E-state index in [1.54, 1.807) is 60.7 Å². The minimum absolute atomic E-state index is 0.0962. The van der Waals surface area contributed by atoms with E-state index in [0.29, 0.717) is 49.3 Å². The fraction of sp³-hybridized carbons (Fsp3) is 0.0333. The molecule has 1 aliphatic rings. The molecule has 6 rings (SSSR count). The van der Waals surface area contributed by atoms with Crippen LogP contribution in [0.5, 0.6) is 17.2 Å². The molecule has 2 N–H and O–H groups in total. The maximum atomic E-state index is 13.4. The van der Waals surface area contributed by atoms with Crippen molar-refractivity contribution in [3.8, 4) is 28.4 Å². The molecule has 0 aliphatic carbocycles. The van der Waals surface area contributed by atoms with E-state index in [1.165, 1.54) is 6.21 Å². The standard InChI is InChI=1S/C30H18BrCl2N3O5/c31-18-6-10-24(41-30(38)16-5-9-25-26(12-16)40-15-39-25)17(11-18)14-34-36-29(37)28-27(20-3-1-2-4-22(20)33)21-13-19(32)7-8-23(21)35-28/h1-14,35H,15H2,(H,36,37). The summed E-state index contributed by atoms with van der Waals surface area (Å²) in [6.07, 6.45) is 1.39. The number of nitrogens with one attached hydrogen (secondary N) is 2. The number of benzene rings is 4. The van der Waals surface area contributed by atoms with E-state index in [4.69, 9.17) is 37.4 Å². The van der Waals surface area contributed by atoms with Crippen molar-refractivity contribution in [2.75, 3.05) is 6.79 Å². The number of fused-ring (bicyclic) bond motifs is 2. The van der Waals surface area contributed by atoms with Crippen LogP contribution >= 0.6 is 39.1 Å². The fourth-order valence-corrected chi connectivity index (χ4v) is 5.17. The van der Waals surface area contributed by atoms with E-state index in [-0.39, 0.29) is 18.2 Å². The third-order valence-electron chi connectivity index (χ3n) is 6.28. The summed E-state index contributed by atoms with van der Waals surface area (Å²) in [4.78, 5) is 29.4. The quantitative estimate of drug-likeness (QED) is 0.0852. The summed E-state index contributed by atoms with van der Waals surface area (Å²) in [5.41, 5.74) is 5.53. The van der Waals surface area contributed by atoms with Crippen LogP contribution in [-0.2, 0) is 0 Å². The van der Waals surface area contributed by atoms with Crippen molar-refractivity contribution in [1.29, 1.82) is 0 Å². The molecule has 204 valence electrons. The lowest BCUT2D eigenvalue weighted by Gasteiger charge is -2.09. The van der Waals surface area contributed by atoms with Crippen LogP contribution in [0, 0.1) is 0 Å². The van der Waals surface area contributed by atoms with Gasteiger partial charge in [0.1, 0.15) is 11.4 Å². The first-order valence-corrected chi connectivity index (χ1v) is 13.7. The number of carbonyl (C=O) groups is 2. The largest absolute Gasteiger partial charge is 0.454 e. The molecule has 0 saturated heterocycles. The zero-order chi connectivity index (χ0) is 28.5. The molecule has 41 heavy (non-hydrogen) atoms. The summed E-state index contributed by atoms with van der Waals surface area (Å²) in [6, 6.07) is 22.4. The van der Waals surface area contributed by atoms with E-state index in [9.17, 15) is 9.59 Å². The molecule has 0 radical (unpaired) electrons. The number of ether oxygens (including phenoxy) is 3. The molecule has 5 aromatic rings. The molecular formula is C30H18BrCl2N3O5. The first-order valence-electron chi connectivity index (χ1n) is 12.2. The number of amides is 1. The van der Waals surface area contributed by atoms with Gasteiger partial charge in [0.2, 0.25) is 6.79 Å². The van der Waals surface area contributed by atoms with Gasteiger partial charge in [0, 0.05) is 42.1 Å². The molecule has 1 amide bonds. The van der Waals surface area contributed by atoms with Crippen molar-refractivity contribution in [3.63, 3.8) is 0 Å². The number of rotatable bonds is 6. The van der Waals surface area contributed by atoms with Gasteiger partial charge in [-0.25, -0.2) is 10.2 Å². The van der Waals surface area contributed by atoms with Crippen LogP contribution in [0.3, 0.4) is 0 Å². The Morgan fingerprint density at radius 3 is 2.66 bits per heavy atom. The second kappa shape index (κ2) is 11.3. The Balaban J connectivity index is 1.26. The minimum Gasteiger partial charge on any atom is -0.454 e. The van der Waals surface area contributed by atoms with Gasteiger partial charge in [0.25, 0.3) is 5.91 Å². The van der Waals surface area contributed by atoms with Crippen LogP contribution in [0.2, 0.25) is 10.0 Å². The van der Waals surface area contributed by atoms with Crippen molar-refractivity contribution in [3.05, 3.63) is 110 Å². The maximum Gasteiger partial charge on any atom is 0.343 e. The van der Waals surface area contributed by atoms with Gasteiger partial charge in [0.15, 0.2) is 11.5 Å². The average Bonchev–Trinajstić information content (AvgIpc) is 3.59. The molecule has 4 aromatic carbocycles. The summed E-state index contributed by atoms with van der Waals surface area (Å²) in [5.74, 6) is 0.174. The van der Waals surface area contributed by atoms with Gasteiger partial charge >= 0.3 is 5.97 Å². The molecular weight excluding hydrogens is 633 g/mol. The van der Waals surface area contributed by atoms with E-state index >= 15 is 0 Å². The van der Waals surface area contributed by atoms with Crippen molar-refractivity contribution in [1.82, 2.24) is 10.4 Å². The van der Waals surface area contributed by atoms with E-state index < -0.39 is 11.9 Å². The normalized spacial score (nSPS) is 12.2. The Morgan fingerprint density at radius 1 is 0.976 bits per heavy atom. The number of nitrogens with zero attached hydrogens (tertiary/aromatic N) is 1. The number of aromatic nitrogens is 1. The lowest BCUT2D eigenvalue weighted by molar-refractivity contribution is 0.0733. The third kappa shape index (κ3) is 5.52. The minimum atomic E-state index is -0.592. The number of hydrogen-bond donors (Lipinski definition) is 2. The SMILES string of the molecule is O=C(Oc1ccc(Br)cc1C=NNC(=O)c1[nH]c2ccc(Cl)cc2c1-c1ccccc1Cl)c1ccc2c(c1)OCO2. The van der Waals surface area contributed by atoms with Crippen LogP contribution in [-0.4, -0.2) is 29.9 Å². The van der Waals surface area contributed by atoms with Gasteiger partial charge in [-0.3, -0.25) is 4.79 Å². The highest BCUT2D eigenvalue weighted by Crippen LogP contribution is 2.38. The fourth-order valence-electron chi connectivity index (χ4n) is 4.39. The lowest BCUT2D eigenvalue weighted by Crippen LogP contribution is -2.19. The van der Waals surface area contributed by atoms with Gasteiger partial charge in [-0.15, -0.1) is 0 Å². The second-order valence-corrected chi connectivity index (χ2v) is 10.6. The molecule has 1 aliphatic heterocycles. The van der Waals surface area contributed by atoms with Crippen molar-refractivity contribution < 1.29 is 23.8 Å².